The molecule has 0 aliphatic carbocycles. The number of ether oxygens (including phenoxy) is 2. The second-order valence-electron chi connectivity index (χ2n) is 6.33. The molecule has 0 saturated carbocycles. The number of aryl methyl sites for hydroxylation is 2. The molecule has 3 rings (SSSR count). The Morgan fingerprint density at radius 3 is 2.87 bits per heavy atom. The van der Waals surface area contributed by atoms with E-state index in [1.165, 1.54) is 22.3 Å². The summed E-state index contributed by atoms with van der Waals surface area (Å²) >= 11 is 0. The predicted molar refractivity (Wildman–Crippen MR) is 90.4 cm³/mol. The lowest BCUT2D eigenvalue weighted by molar-refractivity contribution is -0.0962. The number of aromatic nitrogens is 2. The Kier molecular flexibility index (Phi) is 5.10. The largest absolute Gasteiger partial charge is 0.376 e. The lowest BCUT2D eigenvalue weighted by Crippen LogP contribution is -2.38. The molecule has 124 valence electrons. The van der Waals surface area contributed by atoms with Gasteiger partial charge in [-0.1, -0.05) is 12.1 Å². The van der Waals surface area contributed by atoms with Crippen molar-refractivity contribution in [1.29, 1.82) is 0 Å². The van der Waals surface area contributed by atoms with Crippen LogP contribution in [0.2, 0.25) is 0 Å². The number of H-pyrrole nitrogens is 1. The summed E-state index contributed by atoms with van der Waals surface area (Å²) in [7, 11) is 2.11. The highest BCUT2D eigenvalue weighted by atomic mass is 16.6. The normalized spacial score (nSPS) is 18.5. The van der Waals surface area contributed by atoms with Crippen molar-refractivity contribution in [1.82, 2.24) is 15.1 Å². The summed E-state index contributed by atoms with van der Waals surface area (Å²) in [6, 6.07) is 6.52. The van der Waals surface area contributed by atoms with Crippen LogP contribution in [0.1, 0.15) is 16.7 Å². The van der Waals surface area contributed by atoms with E-state index in [1.54, 1.807) is 0 Å². The van der Waals surface area contributed by atoms with Gasteiger partial charge >= 0.3 is 0 Å². The molecule has 1 fully saturated rings. The molecule has 23 heavy (non-hydrogen) atoms. The molecule has 0 radical (unpaired) electrons. The van der Waals surface area contributed by atoms with E-state index >= 15 is 0 Å². The van der Waals surface area contributed by atoms with E-state index in [4.69, 9.17) is 9.47 Å². The van der Waals surface area contributed by atoms with Crippen LogP contribution in [-0.2, 0) is 16.0 Å². The zero-order valence-electron chi connectivity index (χ0n) is 14.1. The Morgan fingerprint density at radius 1 is 1.26 bits per heavy atom. The fourth-order valence-electron chi connectivity index (χ4n) is 2.92. The molecule has 0 amide bonds. The summed E-state index contributed by atoms with van der Waals surface area (Å²) in [5, 5.41) is 7.39. The number of aromatic amines is 1. The van der Waals surface area contributed by atoms with Gasteiger partial charge in [0.2, 0.25) is 0 Å². The first-order chi connectivity index (χ1) is 11.1. The number of hydrogen-bond acceptors (Lipinski definition) is 4. The lowest BCUT2D eigenvalue weighted by atomic mass is 10.0. The van der Waals surface area contributed by atoms with E-state index in [1.807, 2.05) is 6.20 Å². The van der Waals surface area contributed by atoms with Gasteiger partial charge in [0, 0.05) is 24.2 Å². The van der Waals surface area contributed by atoms with Gasteiger partial charge < -0.3 is 9.47 Å². The predicted octanol–water partition coefficient (Wildman–Crippen LogP) is 2.54. The number of nitrogens with zero attached hydrogens (tertiary/aromatic N) is 2. The molecular formula is C18H25N3O2. The van der Waals surface area contributed by atoms with Crippen molar-refractivity contribution < 1.29 is 9.47 Å². The minimum atomic E-state index is 0.158. The molecule has 0 bridgehead atoms. The van der Waals surface area contributed by atoms with Gasteiger partial charge in [-0.15, -0.1) is 0 Å². The van der Waals surface area contributed by atoms with E-state index in [9.17, 15) is 0 Å². The first kappa shape index (κ1) is 16.2. The minimum Gasteiger partial charge on any atom is -0.376 e. The molecule has 5 nitrogen and oxygen atoms in total. The van der Waals surface area contributed by atoms with Crippen molar-refractivity contribution in [3.05, 3.63) is 41.1 Å². The second-order valence-corrected chi connectivity index (χ2v) is 6.33. The minimum absolute atomic E-state index is 0.158. The molecule has 1 aliphatic heterocycles. The maximum atomic E-state index is 5.72. The van der Waals surface area contributed by atoms with Gasteiger partial charge in [0.05, 0.1) is 37.8 Å². The molecule has 2 aromatic rings. The van der Waals surface area contributed by atoms with E-state index in [0.717, 1.165) is 18.8 Å². The molecule has 1 aromatic carbocycles. The molecule has 2 heterocycles. The lowest BCUT2D eigenvalue weighted by Gasteiger charge is -2.27. The van der Waals surface area contributed by atoms with Crippen LogP contribution in [0.15, 0.2) is 24.4 Å². The van der Waals surface area contributed by atoms with E-state index in [2.05, 4.69) is 54.2 Å². The highest BCUT2D eigenvalue weighted by Crippen LogP contribution is 2.24. The zero-order chi connectivity index (χ0) is 16.2. The van der Waals surface area contributed by atoms with Crippen molar-refractivity contribution >= 4 is 0 Å². The first-order valence-electron chi connectivity index (χ1n) is 8.11. The van der Waals surface area contributed by atoms with Gasteiger partial charge in [-0.3, -0.25) is 10.00 Å². The fourth-order valence-corrected chi connectivity index (χ4v) is 2.92. The summed E-state index contributed by atoms with van der Waals surface area (Å²) in [4.78, 5) is 2.26. The summed E-state index contributed by atoms with van der Waals surface area (Å²) in [5.41, 5.74) is 6.09. The van der Waals surface area contributed by atoms with Gasteiger partial charge in [0.25, 0.3) is 0 Å². The molecule has 5 heteroatoms. The molecule has 1 aromatic heterocycles. The van der Waals surface area contributed by atoms with E-state index < -0.39 is 0 Å². The number of likely N-dealkylation sites (N-methyl/N-ethyl adjacent to an activating group) is 1. The first-order valence-corrected chi connectivity index (χ1v) is 8.11. The van der Waals surface area contributed by atoms with Crippen molar-refractivity contribution in [2.45, 2.75) is 26.5 Å². The average molecular weight is 315 g/mol. The Bertz CT molecular complexity index is 647. The quantitative estimate of drug-likeness (QED) is 0.921. The average Bonchev–Trinajstić information content (AvgIpc) is 2.99. The summed E-state index contributed by atoms with van der Waals surface area (Å²) in [5.74, 6) is 0. The Balaban J connectivity index is 1.69. The zero-order valence-corrected chi connectivity index (χ0v) is 14.1. The van der Waals surface area contributed by atoms with Crippen LogP contribution in [0.25, 0.3) is 11.3 Å². The van der Waals surface area contributed by atoms with E-state index in [0.29, 0.717) is 19.8 Å². The van der Waals surface area contributed by atoms with Gasteiger partial charge in [0.1, 0.15) is 0 Å². The van der Waals surface area contributed by atoms with Crippen molar-refractivity contribution in [2.24, 2.45) is 0 Å². The SMILES string of the molecule is Cc1ccc(-c2[nH]ncc2CN(C)C[C@H]2COCCO2)cc1C. The molecule has 1 N–H and O–H groups in total. The topological polar surface area (TPSA) is 50.4 Å². The summed E-state index contributed by atoms with van der Waals surface area (Å²) in [6.07, 6.45) is 2.07. The van der Waals surface area contributed by atoms with Crippen LogP contribution in [0.4, 0.5) is 0 Å². The third-order valence-electron chi connectivity index (χ3n) is 4.35. The van der Waals surface area contributed by atoms with Gasteiger partial charge in [0.15, 0.2) is 0 Å². The van der Waals surface area contributed by atoms with Crippen molar-refractivity contribution in [2.75, 3.05) is 33.4 Å². The van der Waals surface area contributed by atoms with Gasteiger partial charge in [-0.25, -0.2) is 0 Å². The highest BCUT2D eigenvalue weighted by Gasteiger charge is 2.18. The van der Waals surface area contributed by atoms with Crippen LogP contribution >= 0.6 is 0 Å². The molecule has 0 unspecified atom stereocenters. The third-order valence-corrected chi connectivity index (χ3v) is 4.35. The van der Waals surface area contributed by atoms with Crippen LogP contribution in [-0.4, -0.2) is 54.6 Å². The van der Waals surface area contributed by atoms with Gasteiger partial charge in [-0.2, -0.15) is 5.10 Å². The third kappa shape index (κ3) is 3.99. The Hall–Kier alpha value is -1.69. The molecule has 1 atom stereocenters. The monoisotopic (exact) mass is 315 g/mol. The highest BCUT2D eigenvalue weighted by molar-refractivity contribution is 5.64. The smallest absolute Gasteiger partial charge is 0.0936 e. The fraction of sp³-hybridized carbons (Fsp3) is 0.500. The van der Waals surface area contributed by atoms with Crippen LogP contribution in [0, 0.1) is 13.8 Å². The number of hydrogen-bond donors (Lipinski definition) is 1. The summed E-state index contributed by atoms with van der Waals surface area (Å²) in [6.45, 7) is 8.04. The van der Waals surface area contributed by atoms with Crippen LogP contribution < -0.4 is 0 Å². The number of nitrogens with one attached hydrogen (secondary N) is 1. The van der Waals surface area contributed by atoms with Crippen LogP contribution in [0.3, 0.4) is 0 Å². The summed E-state index contributed by atoms with van der Waals surface area (Å²) < 4.78 is 11.2. The maximum Gasteiger partial charge on any atom is 0.0936 e. The number of benzene rings is 1. The molecule has 0 spiro atoms. The van der Waals surface area contributed by atoms with Crippen molar-refractivity contribution in [3.8, 4) is 11.3 Å². The second kappa shape index (κ2) is 7.25. The molecule has 1 saturated heterocycles. The number of rotatable bonds is 5. The molecular weight excluding hydrogens is 290 g/mol. The standard InChI is InChI=1S/C18H25N3O2/c1-13-4-5-15(8-14(13)2)18-16(9-19-20-18)10-21(3)11-17-12-22-6-7-23-17/h4-5,8-9,17H,6-7,10-12H2,1-3H3,(H,19,20)/t17-/m0/s1. The maximum absolute atomic E-state index is 5.72. The van der Waals surface area contributed by atoms with E-state index in [-0.39, 0.29) is 6.10 Å². The Morgan fingerprint density at radius 2 is 2.13 bits per heavy atom. The molecule has 1 aliphatic rings. The Labute approximate surface area is 137 Å². The van der Waals surface area contributed by atoms with Crippen LogP contribution in [0.5, 0.6) is 0 Å². The van der Waals surface area contributed by atoms with Gasteiger partial charge in [-0.05, 0) is 38.1 Å². The van der Waals surface area contributed by atoms with Crippen molar-refractivity contribution in [3.63, 3.8) is 0 Å².